The molecule has 0 amide bonds. The van der Waals surface area contributed by atoms with E-state index in [2.05, 4.69) is 4.90 Å². The zero-order valence-corrected chi connectivity index (χ0v) is 20.7. The summed E-state index contributed by atoms with van der Waals surface area (Å²) in [6.45, 7) is 2.15. The fraction of sp³-hybridized carbons (Fsp3) is 0.333. The number of aromatic hydroxyl groups is 2. The summed E-state index contributed by atoms with van der Waals surface area (Å²) < 4.78 is 33.1. The minimum Gasteiger partial charge on any atom is -0.507 e. The Morgan fingerprint density at radius 3 is 2.57 bits per heavy atom. The Morgan fingerprint density at radius 1 is 0.973 bits per heavy atom. The van der Waals surface area contributed by atoms with Gasteiger partial charge in [-0.1, -0.05) is 18.2 Å². The van der Waals surface area contributed by atoms with Crippen molar-refractivity contribution in [2.75, 3.05) is 32.0 Å². The highest BCUT2D eigenvalue weighted by Gasteiger charge is 2.25. The van der Waals surface area contributed by atoms with Crippen LogP contribution in [0.2, 0.25) is 0 Å². The molecule has 1 unspecified atom stereocenters. The second-order valence-corrected chi connectivity index (χ2v) is 9.84. The summed E-state index contributed by atoms with van der Waals surface area (Å²) >= 11 is 0. The molecule has 4 N–H and O–H groups in total. The molecular weight excluding hydrogens is 474 g/mol. The highest BCUT2D eigenvalue weighted by atomic mass is 19.1. The number of ether oxygens (including phenoxy) is 1. The van der Waals surface area contributed by atoms with E-state index in [1.807, 2.05) is 42.5 Å². The van der Waals surface area contributed by atoms with Gasteiger partial charge in [-0.3, -0.25) is 9.29 Å². The molecule has 1 aliphatic heterocycles. The maximum Gasteiger partial charge on any atom is 0.165 e. The number of aryl methyl sites for hydroxylation is 1. The number of halogens is 2. The van der Waals surface area contributed by atoms with Crippen LogP contribution in [0.4, 0.5) is 14.5 Å². The second-order valence-electron chi connectivity index (χ2n) is 9.84. The number of likely N-dealkylation sites (tertiary alicyclic amines) is 1. The lowest BCUT2D eigenvalue weighted by Gasteiger charge is -2.19. The molecule has 2 aliphatic rings. The molecule has 3 aromatic carbocycles. The lowest BCUT2D eigenvalue weighted by atomic mass is 9.87. The molecule has 0 bridgehead atoms. The van der Waals surface area contributed by atoms with E-state index in [1.165, 1.54) is 6.07 Å². The van der Waals surface area contributed by atoms with Gasteiger partial charge in [0.15, 0.2) is 11.6 Å². The van der Waals surface area contributed by atoms with Gasteiger partial charge >= 0.3 is 0 Å². The van der Waals surface area contributed by atoms with Crippen molar-refractivity contribution in [2.45, 2.75) is 38.2 Å². The molecular formula is C30H32F2N2O3. The van der Waals surface area contributed by atoms with Crippen LogP contribution in [-0.4, -0.2) is 47.5 Å². The Hall–Kier alpha value is -3.58. The Balaban J connectivity index is 1.51. The van der Waals surface area contributed by atoms with Gasteiger partial charge in [-0.15, -0.1) is 0 Å². The van der Waals surface area contributed by atoms with Crippen molar-refractivity contribution in [2.24, 2.45) is 0 Å². The Bertz CT molecular complexity index is 1310. The number of hydrogen-bond acceptors (Lipinski definition) is 5. The summed E-state index contributed by atoms with van der Waals surface area (Å²) in [5, 5.41) is 20.4. The number of phenolic OH excluding ortho intramolecular Hbond substituents is 2. The topological polar surface area (TPSA) is 79.0 Å². The molecule has 194 valence electrons. The highest BCUT2D eigenvalue weighted by molar-refractivity contribution is 6.01. The summed E-state index contributed by atoms with van der Waals surface area (Å²) in [6, 6.07) is 15.9. The highest BCUT2D eigenvalue weighted by Crippen LogP contribution is 2.44. The molecule has 1 atom stereocenters. The molecule has 0 spiro atoms. The fourth-order valence-electron chi connectivity index (χ4n) is 5.47. The average Bonchev–Trinajstić information content (AvgIpc) is 3.24. The van der Waals surface area contributed by atoms with Crippen molar-refractivity contribution in [3.63, 3.8) is 0 Å². The first-order chi connectivity index (χ1) is 17.9. The van der Waals surface area contributed by atoms with E-state index in [9.17, 15) is 19.0 Å². The minimum atomic E-state index is -0.776. The molecule has 0 saturated carbocycles. The first-order valence-corrected chi connectivity index (χ1v) is 12.8. The molecule has 3 aromatic rings. The number of nitrogens with two attached hydrogens (primary N) is 1. The smallest absolute Gasteiger partial charge is 0.165 e. The van der Waals surface area contributed by atoms with Gasteiger partial charge in [0.1, 0.15) is 17.6 Å². The standard InChI is InChI=1S/C30H32F2N2O3/c31-12-2-13-34-14-11-23(18-34)37-22-8-5-19(6-9-22)30-24-10-7-21(33)15-20(24)3-1-4-25(30)26-16-27(32)29(36)17-28(26)35/h5-10,15-17,23,35-36H,1-4,11-14,18,33H2. The van der Waals surface area contributed by atoms with E-state index in [-0.39, 0.29) is 18.5 Å². The predicted octanol–water partition coefficient (Wildman–Crippen LogP) is 5.93. The van der Waals surface area contributed by atoms with Crippen molar-refractivity contribution in [1.29, 1.82) is 0 Å². The number of allylic oxidation sites excluding steroid dienone is 1. The predicted molar refractivity (Wildman–Crippen MR) is 142 cm³/mol. The molecule has 5 rings (SSSR count). The van der Waals surface area contributed by atoms with Crippen LogP contribution in [0, 0.1) is 5.82 Å². The van der Waals surface area contributed by atoms with Gasteiger partial charge in [0.2, 0.25) is 0 Å². The Morgan fingerprint density at radius 2 is 1.78 bits per heavy atom. The molecule has 0 aromatic heterocycles. The third kappa shape index (κ3) is 5.42. The SMILES string of the molecule is Nc1ccc2c(c1)CCCC(c1cc(F)c(O)cc1O)=C2c1ccc(OC2CCN(CCCF)C2)cc1. The van der Waals surface area contributed by atoms with E-state index >= 15 is 0 Å². The number of nitrogen functional groups attached to an aromatic ring is 1. The molecule has 1 heterocycles. The minimum absolute atomic E-state index is 0.0683. The molecule has 0 radical (unpaired) electrons. The van der Waals surface area contributed by atoms with E-state index in [0.29, 0.717) is 24.1 Å². The van der Waals surface area contributed by atoms with Crippen molar-refractivity contribution in [3.8, 4) is 17.2 Å². The Kier molecular flexibility index (Phi) is 7.33. The van der Waals surface area contributed by atoms with E-state index < -0.39 is 11.6 Å². The van der Waals surface area contributed by atoms with Gasteiger partial charge in [-0.25, -0.2) is 4.39 Å². The van der Waals surface area contributed by atoms with Gasteiger partial charge in [0.25, 0.3) is 0 Å². The first-order valence-electron chi connectivity index (χ1n) is 12.8. The lowest BCUT2D eigenvalue weighted by Crippen LogP contribution is -2.26. The van der Waals surface area contributed by atoms with Gasteiger partial charge in [0, 0.05) is 37.0 Å². The van der Waals surface area contributed by atoms with Crippen molar-refractivity contribution in [1.82, 2.24) is 4.90 Å². The lowest BCUT2D eigenvalue weighted by molar-refractivity contribution is 0.198. The monoisotopic (exact) mass is 506 g/mol. The van der Waals surface area contributed by atoms with Crippen LogP contribution in [0.3, 0.4) is 0 Å². The fourth-order valence-corrected chi connectivity index (χ4v) is 5.47. The number of anilines is 1. The van der Waals surface area contributed by atoms with Crippen LogP contribution < -0.4 is 10.5 Å². The third-order valence-electron chi connectivity index (χ3n) is 7.25. The first kappa shape index (κ1) is 25.1. The van der Waals surface area contributed by atoms with Crippen LogP contribution in [0.1, 0.15) is 47.9 Å². The maximum atomic E-state index is 14.4. The number of benzene rings is 3. The molecule has 1 fully saturated rings. The van der Waals surface area contributed by atoms with Crippen molar-refractivity contribution >= 4 is 16.8 Å². The van der Waals surface area contributed by atoms with Crippen LogP contribution in [-0.2, 0) is 6.42 Å². The quantitative estimate of drug-likeness (QED) is 0.346. The van der Waals surface area contributed by atoms with Crippen molar-refractivity contribution in [3.05, 3.63) is 82.7 Å². The van der Waals surface area contributed by atoms with Crippen LogP contribution >= 0.6 is 0 Å². The van der Waals surface area contributed by atoms with Gasteiger partial charge in [0.05, 0.1) is 6.67 Å². The summed E-state index contributed by atoms with van der Waals surface area (Å²) in [4.78, 5) is 2.23. The summed E-state index contributed by atoms with van der Waals surface area (Å²) in [5.74, 6) is -0.763. The largest absolute Gasteiger partial charge is 0.507 e. The third-order valence-corrected chi connectivity index (χ3v) is 7.25. The van der Waals surface area contributed by atoms with Gasteiger partial charge < -0.3 is 20.7 Å². The summed E-state index contributed by atoms with van der Waals surface area (Å²) in [5.41, 5.74) is 11.9. The van der Waals surface area contributed by atoms with Gasteiger partial charge in [-0.05, 0) is 90.3 Å². The molecule has 37 heavy (non-hydrogen) atoms. The normalized spacial score (nSPS) is 18.1. The number of fused-ring (bicyclic) bond motifs is 1. The van der Waals surface area contributed by atoms with Crippen molar-refractivity contribution < 1.29 is 23.7 Å². The van der Waals surface area contributed by atoms with Crippen LogP contribution in [0.5, 0.6) is 17.2 Å². The van der Waals surface area contributed by atoms with E-state index in [0.717, 1.165) is 78.5 Å². The number of alkyl halides is 1. The number of hydrogen-bond donors (Lipinski definition) is 3. The zero-order chi connectivity index (χ0) is 25.9. The average molecular weight is 507 g/mol. The van der Waals surface area contributed by atoms with E-state index in [4.69, 9.17) is 10.5 Å². The van der Waals surface area contributed by atoms with Crippen LogP contribution in [0.25, 0.3) is 11.1 Å². The summed E-state index contributed by atoms with van der Waals surface area (Å²) in [6.07, 6.45) is 3.75. The molecule has 1 saturated heterocycles. The zero-order valence-electron chi connectivity index (χ0n) is 20.7. The number of phenols is 2. The maximum absolute atomic E-state index is 14.4. The summed E-state index contributed by atoms with van der Waals surface area (Å²) in [7, 11) is 0. The number of rotatable bonds is 7. The van der Waals surface area contributed by atoms with Gasteiger partial charge in [-0.2, -0.15) is 0 Å². The van der Waals surface area contributed by atoms with E-state index in [1.54, 1.807) is 0 Å². The van der Waals surface area contributed by atoms with Crippen LogP contribution in [0.15, 0.2) is 54.6 Å². The molecule has 5 nitrogen and oxygen atoms in total. The second kappa shape index (κ2) is 10.8. The Labute approximate surface area is 215 Å². The molecule has 1 aliphatic carbocycles. The number of nitrogens with zero attached hydrogens (tertiary/aromatic N) is 1. The molecule has 7 heteroatoms.